The highest BCUT2D eigenvalue weighted by Crippen LogP contribution is 2.35. The summed E-state index contributed by atoms with van der Waals surface area (Å²) in [5.41, 5.74) is 2.00. The molecule has 0 amide bonds. The lowest BCUT2D eigenvalue weighted by molar-refractivity contribution is 0.355. The minimum Gasteiger partial charge on any atom is -0.345 e. The molecule has 1 aliphatic carbocycles. The second kappa shape index (κ2) is 6.32. The zero-order valence-electron chi connectivity index (χ0n) is 13.6. The third kappa shape index (κ3) is 3.23. The standard InChI is InChI=1S/C16H27N3O2S/c1-12-13(2)18-16(17-12)15-9-6-10-19(15)22(20,21)11-14-7-4-3-5-8-14/h14-15H,3-11H2,1-2H3,(H,17,18). The predicted octanol–water partition coefficient (Wildman–Crippen LogP) is 3.07. The molecule has 0 spiro atoms. The van der Waals surface area contributed by atoms with Crippen molar-refractivity contribution in [1.82, 2.24) is 14.3 Å². The molecule has 2 heterocycles. The average molecular weight is 325 g/mol. The van der Waals surface area contributed by atoms with E-state index in [1.807, 2.05) is 13.8 Å². The molecular weight excluding hydrogens is 298 g/mol. The summed E-state index contributed by atoms with van der Waals surface area (Å²) in [6.45, 7) is 4.59. The number of sulfonamides is 1. The molecule has 0 radical (unpaired) electrons. The van der Waals surface area contributed by atoms with Gasteiger partial charge in [-0.3, -0.25) is 0 Å². The van der Waals surface area contributed by atoms with Crippen LogP contribution in [0.25, 0.3) is 0 Å². The van der Waals surface area contributed by atoms with Crippen molar-refractivity contribution in [2.75, 3.05) is 12.3 Å². The Morgan fingerprint density at radius 3 is 2.50 bits per heavy atom. The molecule has 1 aromatic heterocycles. The number of aromatic amines is 1. The maximum atomic E-state index is 12.9. The van der Waals surface area contributed by atoms with E-state index in [2.05, 4.69) is 9.97 Å². The van der Waals surface area contributed by atoms with Crippen LogP contribution in [0.4, 0.5) is 0 Å². The number of aromatic nitrogens is 2. The molecule has 1 saturated carbocycles. The molecule has 0 aromatic carbocycles. The van der Waals surface area contributed by atoms with E-state index in [0.29, 0.717) is 18.2 Å². The number of nitrogens with zero attached hydrogens (tertiary/aromatic N) is 2. The molecule has 5 nitrogen and oxygen atoms in total. The molecule has 1 aromatic rings. The van der Waals surface area contributed by atoms with Crippen molar-refractivity contribution < 1.29 is 8.42 Å². The van der Waals surface area contributed by atoms with Crippen LogP contribution >= 0.6 is 0 Å². The van der Waals surface area contributed by atoms with Crippen molar-refractivity contribution in [3.05, 3.63) is 17.2 Å². The first-order valence-corrected chi connectivity index (χ1v) is 10.1. The Bertz CT molecular complexity index is 598. The molecule has 1 saturated heterocycles. The number of nitrogens with one attached hydrogen (secondary N) is 1. The van der Waals surface area contributed by atoms with Crippen LogP contribution in [-0.2, 0) is 10.0 Å². The van der Waals surface area contributed by atoms with Crippen LogP contribution in [0.15, 0.2) is 0 Å². The van der Waals surface area contributed by atoms with Gasteiger partial charge in [-0.2, -0.15) is 4.31 Å². The number of hydrogen-bond acceptors (Lipinski definition) is 3. The van der Waals surface area contributed by atoms with Crippen molar-refractivity contribution >= 4 is 10.0 Å². The van der Waals surface area contributed by atoms with Gasteiger partial charge in [-0.25, -0.2) is 13.4 Å². The molecule has 6 heteroatoms. The van der Waals surface area contributed by atoms with Gasteiger partial charge >= 0.3 is 0 Å². The topological polar surface area (TPSA) is 66.1 Å². The average Bonchev–Trinajstić information content (AvgIpc) is 3.07. The molecule has 2 aliphatic rings. The summed E-state index contributed by atoms with van der Waals surface area (Å²) in [4.78, 5) is 7.82. The molecule has 124 valence electrons. The Morgan fingerprint density at radius 2 is 1.86 bits per heavy atom. The van der Waals surface area contributed by atoms with E-state index in [1.54, 1.807) is 4.31 Å². The van der Waals surface area contributed by atoms with Gasteiger partial charge in [-0.05, 0) is 45.4 Å². The lowest BCUT2D eigenvalue weighted by Crippen LogP contribution is -2.35. The minimum absolute atomic E-state index is 0.0963. The van der Waals surface area contributed by atoms with Gasteiger partial charge in [0.15, 0.2) is 0 Å². The Kier molecular flexibility index (Phi) is 4.59. The van der Waals surface area contributed by atoms with E-state index in [1.165, 1.54) is 19.3 Å². The van der Waals surface area contributed by atoms with Crippen molar-refractivity contribution in [2.45, 2.75) is 64.8 Å². The van der Waals surface area contributed by atoms with Crippen LogP contribution in [0.2, 0.25) is 0 Å². The van der Waals surface area contributed by atoms with Crippen LogP contribution < -0.4 is 0 Å². The second-order valence-corrected chi connectivity index (χ2v) is 8.85. The minimum atomic E-state index is -3.19. The van der Waals surface area contributed by atoms with Crippen molar-refractivity contribution in [3.8, 4) is 0 Å². The van der Waals surface area contributed by atoms with Crippen molar-refractivity contribution in [2.24, 2.45) is 5.92 Å². The van der Waals surface area contributed by atoms with E-state index < -0.39 is 10.0 Å². The zero-order chi connectivity index (χ0) is 15.7. The number of hydrogen-bond donors (Lipinski definition) is 1. The van der Waals surface area contributed by atoms with Crippen molar-refractivity contribution in [3.63, 3.8) is 0 Å². The summed E-state index contributed by atoms with van der Waals surface area (Å²) >= 11 is 0. The number of imidazole rings is 1. The molecule has 2 fully saturated rings. The summed E-state index contributed by atoms with van der Waals surface area (Å²) < 4.78 is 27.4. The van der Waals surface area contributed by atoms with Gasteiger partial charge in [-0.15, -0.1) is 0 Å². The first-order valence-electron chi connectivity index (χ1n) is 8.50. The highest BCUT2D eigenvalue weighted by molar-refractivity contribution is 7.89. The first kappa shape index (κ1) is 16.0. The normalized spacial score (nSPS) is 24.9. The van der Waals surface area contributed by atoms with E-state index in [-0.39, 0.29) is 6.04 Å². The molecule has 3 rings (SSSR count). The van der Waals surface area contributed by atoms with E-state index >= 15 is 0 Å². The van der Waals surface area contributed by atoms with Gasteiger partial charge in [0.25, 0.3) is 0 Å². The molecule has 0 bridgehead atoms. The fourth-order valence-electron chi connectivity index (χ4n) is 3.83. The van der Waals surface area contributed by atoms with E-state index in [0.717, 1.165) is 42.9 Å². The lowest BCUT2D eigenvalue weighted by Gasteiger charge is -2.27. The third-order valence-electron chi connectivity index (χ3n) is 5.19. The van der Waals surface area contributed by atoms with Gasteiger partial charge in [0, 0.05) is 12.2 Å². The smallest absolute Gasteiger partial charge is 0.215 e. The second-order valence-electron chi connectivity index (χ2n) is 6.88. The summed E-state index contributed by atoms with van der Waals surface area (Å²) in [5.74, 6) is 1.49. The molecule has 1 N–H and O–H groups in total. The Labute approximate surface area is 133 Å². The monoisotopic (exact) mass is 325 g/mol. The molecular formula is C16H27N3O2S. The molecule has 1 unspecified atom stereocenters. The maximum Gasteiger partial charge on any atom is 0.215 e. The van der Waals surface area contributed by atoms with Gasteiger partial charge in [0.2, 0.25) is 10.0 Å². The third-order valence-corrected chi connectivity index (χ3v) is 7.24. The Hall–Kier alpha value is -0.880. The van der Waals surface area contributed by atoms with E-state index in [4.69, 9.17) is 0 Å². The fraction of sp³-hybridized carbons (Fsp3) is 0.812. The van der Waals surface area contributed by atoms with Crippen LogP contribution in [0.5, 0.6) is 0 Å². The Morgan fingerprint density at radius 1 is 1.14 bits per heavy atom. The van der Waals surface area contributed by atoms with Gasteiger partial charge in [0.1, 0.15) is 5.82 Å². The van der Waals surface area contributed by atoms with Crippen LogP contribution in [0.3, 0.4) is 0 Å². The summed E-state index contributed by atoms with van der Waals surface area (Å²) in [7, 11) is -3.19. The van der Waals surface area contributed by atoms with E-state index in [9.17, 15) is 8.42 Å². The molecule has 22 heavy (non-hydrogen) atoms. The van der Waals surface area contributed by atoms with Crippen LogP contribution in [-0.4, -0.2) is 35.0 Å². The van der Waals surface area contributed by atoms with Crippen LogP contribution in [0.1, 0.15) is 68.2 Å². The molecule has 1 atom stereocenters. The summed E-state index contributed by atoms with van der Waals surface area (Å²) in [6, 6.07) is -0.0963. The zero-order valence-corrected chi connectivity index (χ0v) is 14.5. The first-order chi connectivity index (χ1) is 10.5. The van der Waals surface area contributed by atoms with Gasteiger partial charge in [-0.1, -0.05) is 19.3 Å². The highest BCUT2D eigenvalue weighted by atomic mass is 32.2. The van der Waals surface area contributed by atoms with Gasteiger partial charge < -0.3 is 4.98 Å². The molecule has 1 aliphatic heterocycles. The fourth-order valence-corrected chi connectivity index (χ4v) is 5.95. The maximum absolute atomic E-state index is 12.9. The number of H-pyrrole nitrogens is 1. The van der Waals surface area contributed by atoms with Crippen molar-refractivity contribution in [1.29, 1.82) is 0 Å². The summed E-state index contributed by atoms with van der Waals surface area (Å²) in [5, 5.41) is 0. The Balaban J connectivity index is 1.76. The quantitative estimate of drug-likeness (QED) is 0.925. The number of aryl methyl sites for hydroxylation is 2. The lowest BCUT2D eigenvalue weighted by atomic mass is 9.91. The number of rotatable bonds is 4. The largest absolute Gasteiger partial charge is 0.345 e. The predicted molar refractivity (Wildman–Crippen MR) is 87.1 cm³/mol. The SMILES string of the molecule is Cc1nc(C2CCCN2S(=O)(=O)CC2CCCCC2)[nH]c1C. The highest BCUT2D eigenvalue weighted by Gasteiger charge is 2.38. The van der Waals surface area contributed by atoms with Gasteiger partial charge in [0.05, 0.1) is 17.5 Å². The summed E-state index contributed by atoms with van der Waals surface area (Å²) in [6.07, 6.45) is 7.55. The van der Waals surface area contributed by atoms with Crippen LogP contribution in [0, 0.1) is 19.8 Å².